The molecular formula is C23H32N4O3. The fourth-order valence-corrected chi connectivity index (χ4v) is 4.27. The molecule has 7 heteroatoms. The Hall–Kier alpha value is -2.38. The number of pyridine rings is 1. The van der Waals surface area contributed by atoms with Crippen LogP contribution in [0.25, 0.3) is 10.9 Å². The van der Waals surface area contributed by atoms with Crippen molar-refractivity contribution in [2.75, 3.05) is 50.8 Å². The van der Waals surface area contributed by atoms with Crippen LogP contribution in [0.3, 0.4) is 0 Å². The second-order valence-electron chi connectivity index (χ2n) is 8.06. The molecule has 1 N–H and O–H groups in total. The van der Waals surface area contributed by atoms with Crippen molar-refractivity contribution in [2.24, 2.45) is 0 Å². The largest absolute Gasteiger partial charge is 0.450 e. The highest BCUT2D eigenvalue weighted by Crippen LogP contribution is 2.27. The standard InChI is InChI=1S/C23H32N4O3/c1-3-29-23(28)27-11-9-26(10-12-27)22-19(15-24-16-20-8-5-13-30-20)14-18-7-4-6-17(2)21(18)25-22/h4,6-7,14,20,24H,3,5,8-13,15-16H2,1-2H3/t20-/m0/s1. The molecule has 7 nitrogen and oxygen atoms in total. The Labute approximate surface area is 178 Å². The number of amides is 1. The van der Waals surface area contributed by atoms with E-state index in [9.17, 15) is 4.79 Å². The van der Waals surface area contributed by atoms with Crippen molar-refractivity contribution < 1.29 is 14.3 Å². The normalized spacial score (nSPS) is 19.5. The summed E-state index contributed by atoms with van der Waals surface area (Å²) in [5, 5.41) is 4.73. The Morgan fingerprint density at radius 3 is 2.87 bits per heavy atom. The van der Waals surface area contributed by atoms with E-state index in [0.717, 1.165) is 62.3 Å². The molecule has 0 saturated carbocycles. The third-order valence-corrected chi connectivity index (χ3v) is 5.92. The van der Waals surface area contributed by atoms with Crippen LogP contribution in [0, 0.1) is 6.92 Å². The first-order chi connectivity index (χ1) is 14.7. The molecular weight excluding hydrogens is 380 g/mol. The van der Waals surface area contributed by atoms with E-state index in [2.05, 4.69) is 41.4 Å². The Balaban J connectivity index is 1.52. The number of fused-ring (bicyclic) bond motifs is 1. The van der Waals surface area contributed by atoms with E-state index < -0.39 is 0 Å². The van der Waals surface area contributed by atoms with Gasteiger partial charge >= 0.3 is 6.09 Å². The van der Waals surface area contributed by atoms with Gasteiger partial charge in [0.1, 0.15) is 5.82 Å². The van der Waals surface area contributed by atoms with E-state index in [0.29, 0.717) is 25.8 Å². The first kappa shape index (κ1) is 20.9. The molecule has 30 heavy (non-hydrogen) atoms. The highest BCUT2D eigenvalue weighted by Gasteiger charge is 2.25. The average Bonchev–Trinajstić information content (AvgIpc) is 3.27. The highest BCUT2D eigenvalue weighted by atomic mass is 16.6. The lowest BCUT2D eigenvalue weighted by molar-refractivity contribution is 0.105. The number of carbonyl (C=O) groups is 1. The van der Waals surface area contributed by atoms with Gasteiger partial charge in [0.05, 0.1) is 18.2 Å². The molecule has 0 unspecified atom stereocenters. The zero-order valence-electron chi connectivity index (χ0n) is 18.0. The fourth-order valence-electron chi connectivity index (χ4n) is 4.27. The third-order valence-electron chi connectivity index (χ3n) is 5.92. The second-order valence-corrected chi connectivity index (χ2v) is 8.06. The summed E-state index contributed by atoms with van der Waals surface area (Å²) in [6.45, 7) is 9.64. The van der Waals surface area contributed by atoms with Crippen LogP contribution in [0.4, 0.5) is 10.6 Å². The first-order valence-corrected chi connectivity index (χ1v) is 11.0. The van der Waals surface area contributed by atoms with Crippen LogP contribution in [-0.2, 0) is 16.0 Å². The Bertz CT molecular complexity index is 874. The van der Waals surface area contributed by atoms with Gasteiger partial charge in [0.2, 0.25) is 0 Å². The lowest BCUT2D eigenvalue weighted by Gasteiger charge is -2.35. The van der Waals surface area contributed by atoms with Crippen molar-refractivity contribution in [3.8, 4) is 0 Å². The molecule has 0 bridgehead atoms. The summed E-state index contributed by atoms with van der Waals surface area (Å²) >= 11 is 0. The number of aryl methyl sites for hydroxylation is 1. The van der Waals surface area contributed by atoms with E-state index in [-0.39, 0.29) is 6.09 Å². The maximum atomic E-state index is 12.0. The van der Waals surface area contributed by atoms with Gasteiger partial charge in [-0.25, -0.2) is 9.78 Å². The van der Waals surface area contributed by atoms with Gasteiger partial charge in [-0.05, 0) is 38.3 Å². The smallest absolute Gasteiger partial charge is 0.409 e. The van der Waals surface area contributed by atoms with Crippen molar-refractivity contribution in [2.45, 2.75) is 39.3 Å². The molecule has 2 aromatic rings. The number of hydrogen-bond donors (Lipinski definition) is 1. The number of benzene rings is 1. The number of ether oxygens (including phenoxy) is 2. The molecule has 1 amide bonds. The fraction of sp³-hybridized carbons (Fsp3) is 0.565. The predicted molar refractivity (Wildman–Crippen MR) is 118 cm³/mol. The number of nitrogens with one attached hydrogen (secondary N) is 1. The van der Waals surface area contributed by atoms with Crippen LogP contribution >= 0.6 is 0 Å². The number of aromatic nitrogens is 1. The Morgan fingerprint density at radius 1 is 1.30 bits per heavy atom. The van der Waals surface area contributed by atoms with Crippen LogP contribution in [0.5, 0.6) is 0 Å². The summed E-state index contributed by atoms with van der Waals surface area (Å²) in [6, 6.07) is 8.57. The van der Waals surface area contributed by atoms with Crippen molar-refractivity contribution in [3.05, 3.63) is 35.4 Å². The summed E-state index contributed by atoms with van der Waals surface area (Å²) < 4.78 is 10.9. The lowest BCUT2D eigenvalue weighted by atomic mass is 10.1. The van der Waals surface area contributed by atoms with Gasteiger partial charge in [0.15, 0.2) is 0 Å². The molecule has 0 spiro atoms. The Kier molecular flexibility index (Phi) is 6.69. The highest BCUT2D eigenvalue weighted by molar-refractivity contribution is 5.84. The molecule has 2 aliphatic heterocycles. The summed E-state index contributed by atoms with van der Waals surface area (Å²) in [7, 11) is 0. The molecule has 2 fully saturated rings. The molecule has 162 valence electrons. The third kappa shape index (κ3) is 4.68. The monoisotopic (exact) mass is 412 g/mol. The molecule has 0 radical (unpaired) electrons. The predicted octanol–water partition coefficient (Wildman–Crippen LogP) is 3.09. The van der Waals surface area contributed by atoms with Crippen molar-refractivity contribution >= 4 is 22.8 Å². The topological polar surface area (TPSA) is 66.9 Å². The number of rotatable bonds is 6. The molecule has 1 aromatic heterocycles. The minimum absolute atomic E-state index is 0.224. The summed E-state index contributed by atoms with van der Waals surface area (Å²) in [6.07, 6.45) is 2.37. The van der Waals surface area contributed by atoms with Crippen LogP contribution in [0.15, 0.2) is 24.3 Å². The van der Waals surface area contributed by atoms with Crippen LogP contribution < -0.4 is 10.2 Å². The van der Waals surface area contributed by atoms with Gasteiger partial charge in [-0.15, -0.1) is 0 Å². The molecule has 2 aliphatic rings. The molecule has 3 heterocycles. The minimum atomic E-state index is -0.224. The molecule has 1 aromatic carbocycles. The van der Waals surface area contributed by atoms with Crippen LogP contribution in [-0.4, -0.2) is 68.0 Å². The molecule has 0 aliphatic carbocycles. The number of anilines is 1. The maximum absolute atomic E-state index is 12.0. The first-order valence-electron chi connectivity index (χ1n) is 11.0. The minimum Gasteiger partial charge on any atom is -0.450 e. The summed E-state index contributed by atoms with van der Waals surface area (Å²) in [4.78, 5) is 21.2. The van der Waals surface area contributed by atoms with Crippen LogP contribution in [0.2, 0.25) is 0 Å². The van der Waals surface area contributed by atoms with Crippen molar-refractivity contribution in [1.82, 2.24) is 15.2 Å². The van der Waals surface area contributed by atoms with E-state index in [1.54, 1.807) is 4.90 Å². The van der Waals surface area contributed by atoms with Crippen molar-refractivity contribution in [1.29, 1.82) is 0 Å². The number of nitrogens with zero attached hydrogens (tertiary/aromatic N) is 3. The van der Waals surface area contributed by atoms with Gasteiger partial charge < -0.3 is 24.6 Å². The van der Waals surface area contributed by atoms with Gasteiger partial charge in [0, 0.05) is 56.8 Å². The average molecular weight is 413 g/mol. The lowest BCUT2D eigenvalue weighted by Crippen LogP contribution is -2.49. The SMILES string of the molecule is CCOC(=O)N1CCN(c2nc3c(C)cccc3cc2CNC[C@@H]2CCCO2)CC1. The van der Waals surface area contributed by atoms with Crippen molar-refractivity contribution in [3.63, 3.8) is 0 Å². The number of hydrogen-bond acceptors (Lipinski definition) is 6. The van der Waals surface area contributed by atoms with E-state index >= 15 is 0 Å². The quantitative estimate of drug-likeness (QED) is 0.787. The van der Waals surface area contributed by atoms with Crippen LogP contribution in [0.1, 0.15) is 30.9 Å². The van der Waals surface area contributed by atoms with Gasteiger partial charge in [0.25, 0.3) is 0 Å². The van der Waals surface area contributed by atoms with Gasteiger partial charge in [-0.2, -0.15) is 0 Å². The van der Waals surface area contributed by atoms with E-state index in [1.165, 1.54) is 11.1 Å². The molecule has 1 atom stereocenters. The Morgan fingerprint density at radius 2 is 2.13 bits per heavy atom. The van der Waals surface area contributed by atoms with E-state index in [4.69, 9.17) is 14.5 Å². The maximum Gasteiger partial charge on any atom is 0.409 e. The zero-order chi connectivity index (χ0) is 20.9. The zero-order valence-corrected chi connectivity index (χ0v) is 18.0. The molecule has 4 rings (SSSR count). The summed E-state index contributed by atoms with van der Waals surface area (Å²) in [5.41, 5.74) is 3.41. The van der Waals surface area contributed by atoms with E-state index in [1.807, 2.05) is 6.92 Å². The number of piperazine rings is 1. The number of carbonyl (C=O) groups excluding carboxylic acids is 1. The molecule has 2 saturated heterocycles. The number of para-hydroxylation sites is 1. The summed E-state index contributed by atoms with van der Waals surface area (Å²) in [5.74, 6) is 1.01. The van der Waals surface area contributed by atoms with Gasteiger partial charge in [-0.3, -0.25) is 0 Å². The second kappa shape index (κ2) is 9.62. The van der Waals surface area contributed by atoms with Gasteiger partial charge in [-0.1, -0.05) is 18.2 Å².